The summed E-state index contributed by atoms with van der Waals surface area (Å²) in [5, 5.41) is 0.513. The highest BCUT2D eigenvalue weighted by molar-refractivity contribution is 5.94. The lowest BCUT2D eigenvalue weighted by atomic mass is 10.2. The van der Waals surface area contributed by atoms with Gasteiger partial charge in [-0.1, -0.05) is 6.58 Å². The highest BCUT2D eigenvalue weighted by Gasteiger charge is 2.14. The summed E-state index contributed by atoms with van der Waals surface area (Å²) in [7, 11) is 0. The monoisotopic (exact) mass is 257 g/mol. The van der Waals surface area contributed by atoms with Crippen LogP contribution < -0.4 is 4.74 Å². The van der Waals surface area contributed by atoms with Crippen LogP contribution in [0.5, 0.6) is 5.75 Å². The van der Waals surface area contributed by atoms with E-state index in [1.165, 1.54) is 0 Å². The van der Waals surface area contributed by atoms with E-state index in [0.717, 1.165) is 11.2 Å². The van der Waals surface area contributed by atoms with Crippen molar-refractivity contribution in [3.8, 4) is 5.75 Å². The maximum Gasteiger partial charge on any atom is 0.202 e. The molecule has 1 aromatic heterocycles. The van der Waals surface area contributed by atoms with Crippen LogP contribution in [0.25, 0.3) is 10.9 Å². The van der Waals surface area contributed by atoms with Crippen molar-refractivity contribution < 1.29 is 9.13 Å². The van der Waals surface area contributed by atoms with Gasteiger partial charge in [0.05, 0.1) is 6.42 Å². The molecule has 5 heteroatoms. The smallest absolute Gasteiger partial charge is 0.202 e. The van der Waals surface area contributed by atoms with Gasteiger partial charge in [0, 0.05) is 22.8 Å². The number of hydrogen-bond donors (Lipinski definition) is 1. The Hall–Kier alpha value is -2.43. The minimum atomic E-state index is -0.391. The van der Waals surface area contributed by atoms with Crippen LogP contribution in [0.4, 0.5) is 4.39 Å². The first-order valence-electron chi connectivity index (χ1n) is 5.88. The number of benzene rings is 1. The predicted octanol–water partition coefficient (Wildman–Crippen LogP) is 3.34. The number of aliphatic imine (C=N–C) groups is 2. The first-order chi connectivity index (χ1) is 9.13. The Morgan fingerprint density at radius 1 is 1.42 bits per heavy atom. The highest BCUT2D eigenvalue weighted by atomic mass is 19.1. The molecule has 1 N–H and O–H groups in total. The second kappa shape index (κ2) is 4.35. The van der Waals surface area contributed by atoms with Crippen LogP contribution in [0, 0.1) is 12.7 Å². The van der Waals surface area contributed by atoms with E-state index in [0.29, 0.717) is 23.5 Å². The summed E-state index contributed by atoms with van der Waals surface area (Å²) in [5.74, 6) is 0.525. The second-order valence-corrected chi connectivity index (χ2v) is 4.33. The third-order valence-electron chi connectivity index (χ3n) is 2.82. The Bertz CT molecular complexity index is 728. The quantitative estimate of drug-likeness (QED) is 0.836. The molecule has 0 saturated heterocycles. The van der Waals surface area contributed by atoms with Crippen molar-refractivity contribution in [3.05, 3.63) is 42.1 Å². The molecule has 0 atom stereocenters. The first kappa shape index (κ1) is 11.6. The molecule has 0 bridgehead atoms. The van der Waals surface area contributed by atoms with Crippen molar-refractivity contribution in [1.82, 2.24) is 4.98 Å². The van der Waals surface area contributed by atoms with Gasteiger partial charge in [-0.3, -0.25) is 0 Å². The standard InChI is InChI=1S/C14H12FN3O/c1-8-7-10-11(17-8)3-4-12(14(10)15)19-13-5-6-16-9(2)18-13/h3-4,6-7,17H,2,5H2,1H3. The molecular formula is C14H12FN3O. The van der Waals surface area contributed by atoms with Gasteiger partial charge in [-0.05, 0) is 25.1 Å². The molecule has 19 heavy (non-hydrogen) atoms. The Morgan fingerprint density at radius 2 is 2.26 bits per heavy atom. The van der Waals surface area contributed by atoms with Crippen LogP contribution in [-0.2, 0) is 0 Å². The topological polar surface area (TPSA) is 49.7 Å². The number of fused-ring (bicyclic) bond motifs is 1. The van der Waals surface area contributed by atoms with Crippen molar-refractivity contribution in [2.45, 2.75) is 13.3 Å². The van der Waals surface area contributed by atoms with Crippen LogP contribution in [0.2, 0.25) is 0 Å². The minimum absolute atomic E-state index is 0.161. The molecule has 1 aromatic carbocycles. The summed E-state index contributed by atoms with van der Waals surface area (Å²) in [5.41, 5.74) is 1.65. The zero-order chi connectivity index (χ0) is 13.4. The van der Waals surface area contributed by atoms with E-state index in [-0.39, 0.29) is 5.75 Å². The molecule has 0 spiro atoms. The summed E-state index contributed by atoms with van der Waals surface area (Å²) in [6.45, 7) is 5.50. The highest BCUT2D eigenvalue weighted by Crippen LogP contribution is 2.27. The second-order valence-electron chi connectivity index (χ2n) is 4.33. The van der Waals surface area contributed by atoms with Gasteiger partial charge >= 0.3 is 0 Å². The molecule has 96 valence electrons. The van der Waals surface area contributed by atoms with Gasteiger partial charge in [0.15, 0.2) is 11.6 Å². The van der Waals surface area contributed by atoms with E-state index >= 15 is 0 Å². The third kappa shape index (κ3) is 2.14. The summed E-state index contributed by atoms with van der Waals surface area (Å²) in [6, 6.07) is 5.12. The lowest BCUT2D eigenvalue weighted by molar-refractivity contribution is 0.489. The van der Waals surface area contributed by atoms with Crippen molar-refractivity contribution in [1.29, 1.82) is 0 Å². The Kier molecular flexibility index (Phi) is 2.67. The van der Waals surface area contributed by atoms with Crippen LogP contribution in [-0.4, -0.2) is 17.1 Å². The third-order valence-corrected chi connectivity index (χ3v) is 2.82. The minimum Gasteiger partial charge on any atom is -0.439 e. The molecular weight excluding hydrogens is 245 g/mol. The van der Waals surface area contributed by atoms with E-state index < -0.39 is 5.82 Å². The van der Waals surface area contributed by atoms with Crippen LogP contribution in [0.1, 0.15) is 12.1 Å². The fraction of sp³-hybridized carbons (Fsp3) is 0.143. The van der Waals surface area contributed by atoms with E-state index in [1.54, 1.807) is 24.4 Å². The lowest BCUT2D eigenvalue weighted by Crippen LogP contribution is -2.12. The number of aryl methyl sites for hydroxylation is 1. The number of rotatable bonds is 1. The molecule has 2 heterocycles. The van der Waals surface area contributed by atoms with Crippen LogP contribution in [0.3, 0.4) is 0 Å². The number of aromatic nitrogens is 1. The number of H-pyrrole nitrogens is 1. The molecule has 0 amide bonds. The Balaban J connectivity index is 1.97. The van der Waals surface area contributed by atoms with Crippen molar-refractivity contribution in [2.75, 3.05) is 0 Å². The van der Waals surface area contributed by atoms with Crippen molar-refractivity contribution in [3.63, 3.8) is 0 Å². The van der Waals surface area contributed by atoms with E-state index in [9.17, 15) is 4.39 Å². The van der Waals surface area contributed by atoms with Gasteiger partial charge in [0.25, 0.3) is 0 Å². The van der Waals surface area contributed by atoms with Gasteiger partial charge in [0.2, 0.25) is 5.90 Å². The molecule has 2 aromatic rings. The average Bonchev–Trinajstić information content (AvgIpc) is 2.75. The molecule has 3 rings (SSSR count). The van der Waals surface area contributed by atoms with Crippen LogP contribution >= 0.6 is 0 Å². The molecule has 0 aliphatic carbocycles. The summed E-state index contributed by atoms with van der Waals surface area (Å²) < 4.78 is 19.8. The van der Waals surface area contributed by atoms with Crippen molar-refractivity contribution in [2.24, 2.45) is 9.98 Å². The number of nitrogens with one attached hydrogen (secondary N) is 1. The Morgan fingerprint density at radius 3 is 3.05 bits per heavy atom. The molecule has 0 fully saturated rings. The molecule has 0 saturated carbocycles. The van der Waals surface area contributed by atoms with Crippen molar-refractivity contribution >= 4 is 23.0 Å². The number of halogens is 1. The van der Waals surface area contributed by atoms with Gasteiger partial charge in [-0.2, -0.15) is 4.99 Å². The Labute approximate surface area is 109 Å². The first-order valence-corrected chi connectivity index (χ1v) is 5.88. The van der Waals surface area contributed by atoms with Gasteiger partial charge < -0.3 is 9.72 Å². The molecule has 0 radical (unpaired) electrons. The normalized spacial score (nSPS) is 14.8. The lowest BCUT2D eigenvalue weighted by Gasteiger charge is -2.10. The number of aromatic amines is 1. The van der Waals surface area contributed by atoms with E-state index in [2.05, 4.69) is 21.5 Å². The largest absolute Gasteiger partial charge is 0.439 e. The number of nitrogens with zero attached hydrogens (tertiary/aromatic N) is 2. The maximum absolute atomic E-state index is 14.3. The summed E-state index contributed by atoms with van der Waals surface area (Å²) in [4.78, 5) is 11.0. The molecule has 1 aliphatic heterocycles. The number of hydrogen-bond acceptors (Lipinski definition) is 3. The van der Waals surface area contributed by atoms with Gasteiger partial charge in [-0.15, -0.1) is 0 Å². The fourth-order valence-electron chi connectivity index (χ4n) is 2.01. The van der Waals surface area contributed by atoms with E-state index in [4.69, 9.17) is 4.74 Å². The summed E-state index contributed by atoms with van der Waals surface area (Å²) >= 11 is 0. The SMILES string of the molecule is C=C1N=CCC(Oc2ccc3[nH]c(C)cc3c2F)=N1. The molecule has 0 unspecified atom stereocenters. The summed E-state index contributed by atoms with van der Waals surface area (Å²) in [6.07, 6.45) is 2.07. The molecule has 1 aliphatic rings. The maximum atomic E-state index is 14.3. The molecule has 4 nitrogen and oxygen atoms in total. The average molecular weight is 257 g/mol. The zero-order valence-corrected chi connectivity index (χ0v) is 10.4. The number of ether oxygens (including phenoxy) is 1. The zero-order valence-electron chi connectivity index (χ0n) is 10.4. The predicted molar refractivity (Wildman–Crippen MR) is 73.3 cm³/mol. The fourth-order valence-corrected chi connectivity index (χ4v) is 2.01. The van der Waals surface area contributed by atoms with Gasteiger partial charge in [-0.25, -0.2) is 9.38 Å². The van der Waals surface area contributed by atoms with E-state index in [1.807, 2.05) is 6.92 Å². The van der Waals surface area contributed by atoms with Gasteiger partial charge in [0.1, 0.15) is 5.82 Å². The van der Waals surface area contributed by atoms with Crippen LogP contribution in [0.15, 0.2) is 40.6 Å².